The number of amides is 1. The summed E-state index contributed by atoms with van der Waals surface area (Å²) in [5.41, 5.74) is 0. The topological polar surface area (TPSA) is 53.6 Å². The number of nitrogens with one attached hydrogen (secondary N) is 2. The summed E-state index contributed by atoms with van der Waals surface area (Å²) in [6.45, 7) is 4.45. The van der Waals surface area contributed by atoms with Crippen molar-refractivity contribution in [2.75, 3.05) is 46.9 Å². The molecule has 0 bridgehead atoms. The number of unbranched alkanes of at least 4 members (excludes halogenated alkanes) is 1. The molecule has 1 fully saturated rings. The molecule has 0 saturated carbocycles. The highest BCUT2D eigenvalue weighted by Crippen LogP contribution is 2.05. The summed E-state index contributed by atoms with van der Waals surface area (Å²) in [6.07, 6.45) is 2.14. The van der Waals surface area contributed by atoms with Crippen LogP contribution in [0.15, 0.2) is 0 Å². The number of piperazine rings is 1. The SMILES string of the molecule is CNC(=O)C1CNCCN1CCCCOC. The van der Waals surface area contributed by atoms with E-state index in [4.69, 9.17) is 4.74 Å². The van der Waals surface area contributed by atoms with E-state index in [0.29, 0.717) is 0 Å². The van der Waals surface area contributed by atoms with Crippen LogP contribution < -0.4 is 10.6 Å². The van der Waals surface area contributed by atoms with Crippen molar-refractivity contribution in [3.05, 3.63) is 0 Å². The van der Waals surface area contributed by atoms with Crippen molar-refractivity contribution in [1.29, 1.82) is 0 Å². The fourth-order valence-corrected chi connectivity index (χ4v) is 2.00. The summed E-state index contributed by atoms with van der Waals surface area (Å²) in [6, 6.07) is -0.0127. The number of nitrogens with zero attached hydrogens (tertiary/aromatic N) is 1. The van der Waals surface area contributed by atoms with E-state index < -0.39 is 0 Å². The first-order chi connectivity index (χ1) is 7.79. The van der Waals surface area contributed by atoms with Crippen LogP contribution in [0.2, 0.25) is 0 Å². The molecule has 1 unspecified atom stereocenters. The Morgan fingerprint density at radius 2 is 2.38 bits per heavy atom. The van der Waals surface area contributed by atoms with E-state index in [9.17, 15) is 4.79 Å². The Kier molecular flexibility index (Phi) is 6.37. The largest absolute Gasteiger partial charge is 0.385 e. The second kappa shape index (κ2) is 7.60. The second-order valence-corrected chi connectivity index (χ2v) is 4.07. The highest BCUT2D eigenvalue weighted by atomic mass is 16.5. The van der Waals surface area contributed by atoms with Gasteiger partial charge in [0.1, 0.15) is 6.04 Å². The molecule has 0 spiro atoms. The lowest BCUT2D eigenvalue weighted by atomic mass is 10.1. The minimum absolute atomic E-state index is 0.0127. The van der Waals surface area contributed by atoms with Crippen molar-refractivity contribution in [3.8, 4) is 0 Å². The maximum atomic E-state index is 11.6. The monoisotopic (exact) mass is 229 g/mol. The minimum Gasteiger partial charge on any atom is -0.385 e. The Morgan fingerprint density at radius 1 is 1.56 bits per heavy atom. The van der Waals surface area contributed by atoms with Crippen molar-refractivity contribution in [2.45, 2.75) is 18.9 Å². The van der Waals surface area contributed by atoms with E-state index in [1.807, 2.05) is 0 Å². The number of hydrogen-bond donors (Lipinski definition) is 2. The van der Waals surface area contributed by atoms with Gasteiger partial charge in [0.2, 0.25) is 5.91 Å². The van der Waals surface area contributed by atoms with Crippen molar-refractivity contribution >= 4 is 5.91 Å². The van der Waals surface area contributed by atoms with Crippen molar-refractivity contribution in [3.63, 3.8) is 0 Å². The van der Waals surface area contributed by atoms with Gasteiger partial charge in [0.05, 0.1) is 0 Å². The lowest BCUT2D eigenvalue weighted by Crippen LogP contribution is -2.57. The smallest absolute Gasteiger partial charge is 0.238 e. The predicted molar refractivity (Wildman–Crippen MR) is 63.4 cm³/mol. The van der Waals surface area contributed by atoms with Gasteiger partial charge in [0, 0.05) is 40.4 Å². The molecule has 1 aliphatic heterocycles. The summed E-state index contributed by atoms with van der Waals surface area (Å²) < 4.78 is 5.02. The van der Waals surface area contributed by atoms with Gasteiger partial charge in [-0.15, -0.1) is 0 Å². The first kappa shape index (κ1) is 13.4. The first-order valence-electron chi connectivity index (χ1n) is 5.95. The van der Waals surface area contributed by atoms with Gasteiger partial charge in [-0.05, 0) is 19.4 Å². The fraction of sp³-hybridized carbons (Fsp3) is 0.909. The molecular weight excluding hydrogens is 206 g/mol. The molecular formula is C11H23N3O2. The number of hydrogen-bond acceptors (Lipinski definition) is 4. The molecule has 1 atom stereocenters. The van der Waals surface area contributed by atoms with Gasteiger partial charge >= 0.3 is 0 Å². The Morgan fingerprint density at radius 3 is 3.06 bits per heavy atom. The Labute approximate surface area is 97.5 Å². The zero-order valence-corrected chi connectivity index (χ0v) is 10.3. The van der Waals surface area contributed by atoms with E-state index in [2.05, 4.69) is 15.5 Å². The van der Waals surface area contributed by atoms with Crippen LogP contribution in [0.1, 0.15) is 12.8 Å². The molecule has 5 heteroatoms. The van der Waals surface area contributed by atoms with Crippen LogP contribution in [0.4, 0.5) is 0 Å². The maximum Gasteiger partial charge on any atom is 0.238 e. The van der Waals surface area contributed by atoms with E-state index in [0.717, 1.165) is 45.6 Å². The molecule has 0 aromatic rings. The highest BCUT2D eigenvalue weighted by molar-refractivity contribution is 5.81. The summed E-state index contributed by atoms with van der Waals surface area (Å²) in [5, 5.41) is 5.98. The number of methoxy groups -OCH3 is 1. The Balaban J connectivity index is 2.32. The third kappa shape index (κ3) is 4.08. The van der Waals surface area contributed by atoms with Crippen molar-refractivity contribution in [2.24, 2.45) is 0 Å². The highest BCUT2D eigenvalue weighted by Gasteiger charge is 2.26. The predicted octanol–water partition coefficient (Wildman–Crippen LogP) is -0.567. The standard InChI is InChI=1S/C11H23N3O2/c1-12-11(15)10-9-13-5-7-14(10)6-3-4-8-16-2/h10,13H,3-9H2,1-2H3,(H,12,15). The number of rotatable bonds is 6. The van der Waals surface area contributed by atoms with Gasteiger partial charge < -0.3 is 15.4 Å². The molecule has 0 aromatic heterocycles. The quantitative estimate of drug-likeness (QED) is 0.599. The van der Waals surface area contributed by atoms with Gasteiger partial charge in [-0.25, -0.2) is 0 Å². The fourth-order valence-electron chi connectivity index (χ4n) is 2.00. The van der Waals surface area contributed by atoms with Gasteiger partial charge in [-0.1, -0.05) is 0 Å². The van der Waals surface area contributed by atoms with Crippen LogP contribution in [0, 0.1) is 0 Å². The molecule has 1 heterocycles. The average Bonchev–Trinajstić information content (AvgIpc) is 2.34. The van der Waals surface area contributed by atoms with Crippen LogP contribution in [-0.4, -0.2) is 63.8 Å². The van der Waals surface area contributed by atoms with Crippen molar-refractivity contribution in [1.82, 2.24) is 15.5 Å². The summed E-state index contributed by atoms with van der Waals surface area (Å²) in [5.74, 6) is 0.110. The number of ether oxygens (including phenoxy) is 1. The molecule has 0 aliphatic carbocycles. The summed E-state index contributed by atoms with van der Waals surface area (Å²) >= 11 is 0. The molecule has 0 radical (unpaired) electrons. The lowest BCUT2D eigenvalue weighted by molar-refractivity contribution is -0.126. The molecule has 0 aromatic carbocycles. The third-order valence-corrected chi connectivity index (χ3v) is 2.95. The molecule has 16 heavy (non-hydrogen) atoms. The lowest BCUT2D eigenvalue weighted by Gasteiger charge is -2.34. The zero-order chi connectivity index (χ0) is 11.8. The Bertz CT molecular complexity index is 211. The van der Waals surface area contributed by atoms with E-state index in [-0.39, 0.29) is 11.9 Å². The molecule has 5 nitrogen and oxygen atoms in total. The van der Waals surface area contributed by atoms with Crippen LogP contribution in [0.5, 0.6) is 0 Å². The summed E-state index contributed by atoms with van der Waals surface area (Å²) in [4.78, 5) is 13.9. The molecule has 1 aliphatic rings. The number of carbonyl (C=O) groups excluding carboxylic acids is 1. The Hall–Kier alpha value is -0.650. The maximum absolute atomic E-state index is 11.6. The van der Waals surface area contributed by atoms with E-state index in [1.165, 1.54) is 0 Å². The van der Waals surface area contributed by atoms with E-state index >= 15 is 0 Å². The second-order valence-electron chi connectivity index (χ2n) is 4.07. The van der Waals surface area contributed by atoms with Crippen LogP contribution in [0.3, 0.4) is 0 Å². The molecule has 94 valence electrons. The molecule has 2 N–H and O–H groups in total. The molecule has 1 rings (SSSR count). The normalized spacial score (nSPS) is 22.0. The van der Waals surface area contributed by atoms with Gasteiger partial charge in [-0.3, -0.25) is 9.69 Å². The number of carbonyl (C=O) groups is 1. The van der Waals surface area contributed by atoms with Gasteiger partial charge in [0.15, 0.2) is 0 Å². The third-order valence-electron chi connectivity index (χ3n) is 2.95. The number of likely N-dealkylation sites (N-methyl/N-ethyl adjacent to an activating group) is 1. The zero-order valence-electron chi connectivity index (χ0n) is 10.3. The van der Waals surface area contributed by atoms with Crippen LogP contribution in [-0.2, 0) is 9.53 Å². The molecule has 1 saturated heterocycles. The van der Waals surface area contributed by atoms with Crippen LogP contribution >= 0.6 is 0 Å². The van der Waals surface area contributed by atoms with Crippen molar-refractivity contribution < 1.29 is 9.53 Å². The minimum atomic E-state index is -0.0127. The average molecular weight is 229 g/mol. The van der Waals surface area contributed by atoms with Gasteiger partial charge in [0.25, 0.3) is 0 Å². The molecule has 1 amide bonds. The van der Waals surface area contributed by atoms with Crippen LogP contribution in [0.25, 0.3) is 0 Å². The first-order valence-corrected chi connectivity index (χ1v) is 5.95. The van der Waals surface area contributed by atoms with E-state index in [1.54, 1.807) is 14.2 Å². The van der Waals surface area contributed by atoms with Gasteiger partial charge in [-0.2, -0.15) is 0 Å². The summed E-state index contributed by atoms with van der Waals surface area (Å²) in [7, 11) is 3.41.